The second-order valence-electron chi connectivity index (χ2n) is 6.03. The van der Waals surface area contributed by atoms with Crippen LogP contribution in [0.2, 0.25) is 0 Å². The van der Waals surface area contributed by atoms with E-state index in [9.17, 15) is 5.11 Å². The molecule has 6 heteroatoms. The number of aromatic hydroxyl groups is 1. The molecule has 0 saturated carbocycles. The first-order chi connectivity index (χ1) is 12.8. The van der Waals surface area contributed by atoms with Gasteiger partial charge in [0.2, 0.25) is 0 Å². The molecular weight excluding hydrogens is 451 g/mol. The maximum atomic E-state index is 9.54. The van der Waals surface area contributed by atoms with Gasteiger partial charge in [0, 0.05) is 24.7 Å². The number of aliphatic imine (C=N–C) groups is 1. The summed E-state index contributed by atoms with van der Waals surface area (Å²) < 4.78 is 0. The number of aromatic nitrogens is 1. The van der Waals surface area contributed by atoms with E-state index in [-0.39, 0.29) is 24.0 Å². The Hall–Kier alpha value is -2.35. The van der Waals surface area contributed by atoms with Gasteiger partial charge in [-0.15, -0.1) is 24.0 Å². The van der Waals surface area contributed by atoms with Crippen LogP contribution in [0.25, 0.3) is 10.9 Å². The summed E-state index contributed by atoms with van der Waals surface area (Å²) in [6, 6.07) is 17.5. The lowest BCUT2D eigenvalue weighted by molar-refractivity contribution is 0.474. The van der Waals surface area contributed by atoms with E-state index in [0.717, 1.165) is 47.5 Å². The molecule has 1 aromatic heterocycles. The zero-order chi connectivity index (χ0) is 18.2. The molecule has 0 spiro atoms. The van der Waals surface area contributed by atoms with Crippen LogP contribution < -0.4 is 10.6 Å². The Morgan fingerprint density at radius 3 is 2.74 bits per heavy atom. The highest BCUT2D eigenvalue weighted by molar-refractivity contribution is 14.0. The Balaban J connectivity index is 0.00000261. The minimum Gasteiger partial charge on any atom is -0.508 e. The van der Waals surface area contributed by atoms with E-state index in [1.165, 1.54) is 0 Å². The molecule has 0 amide bonds. The van der Waals surface area contributed by atoms with Crippen molar-refractivity contribution in [1.82, 2.24) is 15.6 Å². The fourth-order valence-electron chi connectivity index (χ4n) is 2.84. The van der Waals surface area contributed by atoms with Crippen molar-refractivity contribution in [2.45, 2.75) is 19.9 Å². The van der Waals surface area contributed by atoms with Crippen LogP contribution in [0.5, 0.6) is 5.75 Å². The van der Waals surface area contributed by atoms with E-state index < -0.39 is 0 Å². The van der Waals surface area contributed by atoms with Crippen molar-refractivity contribution in [3.63, 3.8) is 0 Å². The SMILES string of the molecule is CCNC(=NCc1ccnc2ccccc12)NCCc1cccc(O)c1.I. The highest BCUT2D eigenvalue weighted by Crippen LogP contribution is 2.16. The van der Waals surface area contributed by atoms with E-state index in [2.05, 4.69) is 21.7 Å². The summed E-state index contributed by atoms with van der Waals surface area (Å²) in [6.45, 7) is 4.18. The molecule has 0 fully saturated rings. The van der Waals surface area contributed by atoms with Crippen molar-refractivity contribution in [3.8, 4) is 5.75 Å². The minimum absolute atomic E-state index is 0. The number of rotatable bonds is 6. The second-order valence-corrected chi connectivity index (χ2v) is 6.03. The molecule has 3 aromatic rings. The van der Waals surface area contributed by atoms with Gasteiger partial charge in [0.05, 0.1) is 12.1 Å². The lowest BCUT2D eigenvalue weighted by atomic mass is 10.1. The molecule has 0 saturated heterocycles. The summed E-state index contributed by atoms with van der Waals surface area (Å²) in [6.07, 6.45) is 2.65. The molecule has 3 rings (SSSR count). The zero-order valence-corrected chi connectivity index (χ0v) is 17.7. The maximum absolute atomic E-state index is 9.54. The van der Waals surface area contributed by atoms with Crippen molar-refractivity contribution in [3.05, 3.63) is 71.9 Å². The third-order valence-corrected chi connectivity index (χ3v) is 4.11. The zero-order valence-electron chi connectivity index (χ0n) is 15.4. The molecule has 0 radical (unpaired) electrons. The van der Waals surface area contributed by atoms with Crippen LogP contribution >= 0.6 is 24.0 Å². The molecule has 27 heavy (non-hydrogen) atoms. The number of para-hydroxylation sites is 1. The number of hydrogen-bond acceptors (Lipinski definition) is 3. The Bertz CT molecular complexity index is 893. The summed E-state index contributed by atoms with van der Waals surface area (Å²) in [5.74, 6) is 1.08. The van der Waals surface area contributed by atoms with Crippen molar-refractivity contribution < 1.29 is 5.11 Å². The number of guanidine groups is 1. The van der Waals surface area contributed by atoms with Crippen LogP contribution in [0.1, 0.15) is 18.1 Å². The Kier molecular flexibility index (Phi) is 8.32. The Labute approximate surface area is 177 Å². The number of phenols is 1. The summed E-state index contributed by atoms with van der Waals surface area (Å²) in [7, 11) is 0. The average Bonchev–Trinajstić information content (AvgIpc) is 2.66. The minimum atomic E-state index is 0. The first kappa shape index (κ1) is 21.0. The standard InChI is InChI=1S/C21H24N4O.HI/c1-2-22-21(24-12-10-16-6-5-7-18(26)14-16)25-15-17-11-13-23-20-9-4-3-8-19(17)20;/h3-9,11,13-14,26H,2,10,12,15H2,1H3,(H2,22,24,25);1H. The van der Waals surface area contributed by atoms with Crippen LogP contribution in [-0.2, 0) is 13.0 Å². The summed E-state index contributed by atoms with van der Waals surface area (Å²) >= 11 is 0. The lowest BCUT2D eigenvalue weighted by Gasteiger charge is -2.12. The van der Waals surface area contributed by atoms with Crippen LogP contribution in [0.15, 0.2) is 65.8 Å². The predicted octanol–water partition coefficient (Wildman–Crippen LogP) is 3.86. The number of nitrogens with zero attached hydrogens (tertiary/aromatic N) is 2. The van der Waals surface area contributed by atoms with Gasteiger partial charge in [-0.3, -0.25) is 4.98 Å². The highest BCUT2D eigenvalue weighted by atomic mass is 127. The van der Waals surface area contributed by atoms with Gasteiger partial charge in [0.1, 0.15) is 5.75 Å². The summed E-state index contributed by atoms with van der Waals surface area (Å²) in [5, 5.41) is 17.3. The van der Waals surface area contributed by atoms with Crippen LogP contribution in [0.4, 0.5) is 0 Å². The molecule has 0 unspecified atom stereocenters. The fraction of sp³-hybridized carbons (Fsp3) is 0.238. The second kappa shape index (κ2) is 10.7. The summed E-state index contributed by atoms with van der Waals surface area (Å²) in [4.78, 5) is 9.10. The molecule has 142 valence electrons. The number of pyridine rings is 1. The molecule has 5 nitrogen and oxygen atoms in total. The van der Waals surface area contributed by atoms with Crippen molar-refractivity contribution in [1.29, 1.82) is 0 Å². The van der Waals surface area contributed by atoms with Gasteiger partial charge < -0.3 is 15.7 Å². The smallest absolute Gasteiger partial charge is 0.191 e. The molecule has 0 atom stereocenters. The van der Waals surface area contributed by atoms with Crippen molar-refractivity contribution in [2.24, 2.45) is 4.99 Å². The quantitative estimate of drug-likeness (QED) is 0.287. The maximum Gasteiger partial charge on any atom is 0.191 e. The van der Waals surface area contributed by atoms with Crippen LogP contribution in [0.3, 0.4) is 0 Å². The van der Waals surface area contributed by atoms with Crippen LogP contribution in [-0.4, -0.2) is 29.1 Å². The van der Waals surface area contributed by atoms with E-state index in [1.807, 2.05) is 49.5 Å². The lowest BCUT2D eigenvalue weighted by Crippen LogP contribution is -2.38. The van der Waals surface area contributed by atoms with E-state index in [4.69, 9.17) is 4.99 Å². The van der Waals surface area contributed by atoms with Crippen molar-refractivity contribution in [2.75, 3.05) is 13.1 Å². The van der Waals surface area contributed by atoms with Gasteiger partial charge in [-0.1, -0.05) is 30.3 Å². The third-order valence-electron chi connectivity index (χ3n) is 4.11. The molecule has 0 aliphatic rings. The number of fused-ring (bicyclic) bond motifs is 1. The van der Waals surface area contributed by atoms with E-state index in [1.54, 1.807) is 12.1 Å². The number of halogens is 1. The molecule has 0 aliphatic heterocycles. The number of hydrogen-bond donors (Lipinski definition) is 3. The van der Waals surface area contributed by atoms with Gasteiger partial charge in [0.15, 0.2) is 5.96 Å². The van der Waals surface area contributed by atoms with Gasteiger partial charge in [-0.25, -0.2) is 4.99 Å². The summed E-state index contributed by atoms with van der Waals surface area (Å²) in [5.41, 5.74) is 3.23. The van der Waals surface area contributed by atoms with Crippen molar-refractivity contribution >= 4 is 40.8 Å². The fourth-order valence-corrected chi connectivity index (χ4v) is 2.84. The van der Waals surface area contributed by atoms with Crippen LogP contribution in [0, 0.1) is 0 Å². The first-order valence-electron chi connectivity index (χ1n) is 8.89. The first-order valence-corrected chi connectivity index (χ1v) is 8.89. The van der Waals surface area contributed by atoms with E-state index >= 15 is 0 Å². The molecular formula is C21H25IN4O. The predicted molar refractivity (Wildman–Crippen MR) is 122 cm³/mol. The highest BCUT2D eigenvalue weighted by Gasteiger charge is 2.02. The molecule has 0 aliphatic carbocycles. The van der Waals surface area contributed by atoms with Gasteiger partial charge >= 0.3 is 0 Å². The number of nitrogens with one attached hydrogen (secondary N) is 2. The van der Waals surface area contributed by atoms with E-state index in [0.29, 0.717) is 12.3 Å². The third kappa shape index (κ3) is 6.09. The monoisotopic (exact) mass is 476 g/mol. The Morgan fingerprint density at radius 2 is 1.93 bits per heavy atom. The van der Waals surface area contributed by atoms with Gasteiger partial charge in [0.25, 0.3) is 0 Å². The topological polar surface area (TPSA) is 69.5 Å². The van der Waals surface area contributed by atoms with Gasteiger partial charge in [-0.05, 0) is 48.7 Å². The number of phenolic OH excluding ortho intramolecular Hbond substituents is 1. The molecule has 2 aromatic carbocycles. The van der Waals surface area contributed by atoms with Gasteiger partial charge in [-0.2, -0.15) is 0 Å². The molecule has 3 N–H and O–H groups in total. The molecule has 1 heterocycles. The largest absolute Gasteiger partial charge is 0.508 e. The average molecular weight is 476 g/mol. The molecule has 0 bridgehead atoms. The normalized spacial score (nSPS) is 11.1. The number of benzene rings is 2. The Morgan fingerprint density at radius 1 is 1.07 bits per heavy atom.